The van der Waals surface area contributed by atoms with Crippen molar-refractivity contribution >= 4 is 17.7 Å². The molecule has 0 saturated heterocycles. The topological polar surface area (TPSA) is 26.3 Å². The molecule has 0 radical (unpaired) electrons. The quantitative estimate of drug-likeness (QED) is 0.294. The van der Waals surface area contributed by atoms with Crippen LogP contribution in [0.3, 0.4) is 0 Å². The molecule has 0 rings (SSSR count). The van der Waals surface area contributed by atoms with Crippen molar-refractivity contribution < 1.29 is 18.3 Å². The smallest absolute Gasteiger partial charge is 0.319 e. The summed E-state index contributed by atoms with van der Waals surface area (Å²) >= 11 is 1.66. The first kappa shape index (κ1) is 21.7. The molecular formula is C17H32F2O2S. The van der Waals surface area contributed by atoms with Crippen molar-refractivity contribution in [2.75, 3.05) is 5.75 Å². The molecule has 0 spiro atoms. The molecule has 0 aliphatic carbocycles. The van der Waals surface area contributed by atoms with E-state index in [1.165, 1.54) is 0 Å². The van der Waals surface area contributed by atoms with E-state index in [9.17, 15) is 13.6 Å². The lowest BCUT2D eigenvalue weighted by Crippen LogP contribution is -2.24. The molecule has 0 aromatic carbocycles. The molecule has 0 amide bonds. The second-order valence-electron chi connectivity index (χ2n) is 5.93. The number of esters is 1. The van der Waals surface area contributed by atoms with E-state index in [2.05, 4.69) is 6.92 Å². The first-order valence-electron chi connectivity index (χ1n) is 8.57. The summed E-state index contributed by atoms with van der Waals surface area (Å²) in [5.74, 6) is 0.798. The van der Waals surface area contributed by atoms with Crippen molar-refractivity contribution in [3.8, 4) is 0 Å². The van der Waals surface area contributed by atoms with Gasteiger partial charge in [0.2, 0.25) is 6.43 Å². The Kier molecular flexibility index (Phi) is 14.1. The Morgan fingerprint density at radius 2 is 1.64 bits per heavy atom. The van der Waals surface area contributed by atoms with E-state index < -0.39 is 6.43 Å². The normalized spacial score (nSPS) is 12.9. The van der Waals surface area contributed by atoms with Gasteiger partial charge < -0.3 is 4.74 Å². The zero-order chi connectivity index (χ0) is 16.8. The van der Waals surface area contributed by atoms with Gasteiger partial charge in [-0.2, -0.15) is 0 Å². The largest absolute Gasteiger partial charge is 0.462 e. The van der Waals surface area contributed by atoms with Gasteiger partial charge >= 0.3 is 5.97 Å². The van der Waals surface area contributed by atoms with Gasteiger partial charge in [-0.05, 0) is 38.9 Å². The van der Waals surface area contributed by atoms with Gasteiger partial charge in [0.15, 0.2) is 0 Å². The van der Waals surface area contributed by atoms with Crippen molar-refractivity contribution in [1.82, 2.24) is 0 Å². The molecule has 0 aromatic heterocycles. The van der Waals surface area contributed by atoms with Crippen LogP contribution in [0.4, 0.5) is 8.78 Å². The minimum Gasteiger partial charge on any atom is -0.462 e. The second-order valence-corrected chi connectivity index (χ2v) is 7.25. The Labute approximate surface area is 138 Å². The third-order valence-electron chi connectivity index (χ3n) is 3.32. The van der Waals surface area contributed by atoms with Crippen LogP contribution in [-0.2, 0) is 9.53 Å². The molecular weight excluding hydrogens is 306 g/mol. The van der Waals surface area contributed by atoms with Gasteiger partial charge in [0.1, 0.15) is 5.25 Å². The molecule has 132 valence electrons. The molecule has 2 nitrogen and oxygen atoms in total. The Hall–Kier alpha value is -0.320. The van der Waals surface area contributed by atoms with Gasteiger partial charge in [0.25, 0.3) is 0 Å². The van der Waals surface area contributed by atoms with E-state index in [0.29, 0.717) is 6.42 Å². The zero-order valence-corrected chi connectivity index (χ0v) is 15.1. The summed E-state index contributed by atoms with van der Waals surface area (Å²) in [6.45, 7) is 5.89. The lowest BCUT2D eigenvalue weighted by molar-refractivity contribution is -0.146. The summed E-state index contributed by atoms with van der Waals surface area (Å²) in [4.78, 5) is 12.1. The Bertz CT molecular complexity index is 273. The molecule has 1 unspecified atom stereocenters. The van der Waals surface area contributed by atoms with Crippen LogP contribution in [0, 0.1) is 0 Å². The van der Waals surface area contributed by atoms with Crippen LogP contribution in [0.15, 0.2) is 0 Å². The van der Waals surface area contributed by atoms with Crippen molar-refractivity contribution in [3.05, 3.63) is 0 Å². The van der Waals surface area contributed by atoms with Gasteiger partial charge in [0, 0.05) is 6.42 Å². The predicted molar refractivity (Wildman–Crippen MR) is 90.7 cm³/mol. The number of hydrogen-bond acceptors (Lipinski definition) is 3. The third-order valence-corrected chi connectivity index (χ3v) is 4.68. The molecule has 0 saturated carbocycles. The SMILES string of the molecule is CCCCCC(SCCCCCCC(F)F)C(=O)OC(C)C. The van der Waals surface area contributed by atoms with Crippen LogP contribution in [0.1, 0.15) is 78.6 Å². The number of thioether (sulfide) groups is 1. The van der Waals surface area contributed by atoms with E-state index in [1.54, 1.807) is 11.8 Å². The fourth-order valence-corrected chi connectivity index (χ4v) is 3.32. The highest BCUT2D eigenvalue weighted by molar-refractivity contribution is 8.00. The number of halogens is 2. The average molecular weight is 339 g/mol. The van der Waals surface area contributed by atoms with Gasteiger partial charge in [-0.15, -0.1) is 11.8 Å². The van der Waals surface area contributed by atoms with E-state index in [1.807, 2.05) is 13.8 Å². The van der Waals surface area contributed by atoms with Crippen LogP contribution in [0.2, 0.25) is 0 Å². The molecule has 0 aromatic rings. The fraction of sp³-hybridized carbons (Fsp3) is 0.941. The fourth-order valence-electron chi connectivity index (χ4n) is 2.14. The molecule has 22 heavy (non-hydrogen) atoms. The number of hydrogen-bond donors (Lipinski definition) is 0. The maximum absolute atomic E-state index is 12.1. The minimum absolute atomic E-state index is 0.00744. The number of ether oxygens (including phenoxy) is 1. The van der Waals surface area contributed by atoms with Gasteiger partial charge in [0.05, 0.1) is 6.10 Å². The van der Waals surface area contributed by atoms with E-state index >= 15 is 0 Å². The van der Waals surface area contributed by atoms with E-state index in [-0.39, 0.29) is 23.7 Å². The van der Waals surface area contributed by atoms with Gasteiger partial charge in [-0.3, -0.25) is 4.79 Å². The van der Waals surface area contributed by atoms with Crippen molar-refractivity contribution in [3.63, 3.8) is 0 Å². The van der Waals surface area contributed by atoms with E-state index in [4.69, 9.17) is 4.74 Å². The molecule has 0 fully saturated rings. The highest BCUT2D eigenvalue weighted by Gasteiger charge is 2.20. The standard InChI is InChI=1S/C17H32F2O2S/c1-4-5-8-11-15(17(20)21-14(2)3)22-13-10-7-6-9-12-16(18)19/h14-16H,4-13H2,1-3H3. The Balaban J connectivity index is 3.89. The number of unbranched alkanes of at least 4 members (excludes halogenated alkanes) is 5. The highest BCUT2D eigenvalue weighted by Crippen LogP contribution is 2.22. The first-order chi connectivity index (χ1) is 10.5. The van der Waals surface area contributed by atoms with Crippen LogP contribution in [0.25, 0.3) is 0 Å². The molecule has 0 heterocycles. The maximum atomic E-state index is 12.1. The molecule has 1 atom stereocenters. The Morgan fingerprint density at radius 1 is 1.00 bits per heavy atom. The third kappa shape index (κ3) is 13.4. The molecule has 0 bridgehead atoms. The van der Waals surface area contributed by atoms with Gasteiger partial charge in [-0.1, -0.05) is 39.0 Å². The summed E-state index contributed by atoms with van der Waals surface area (Å²) in [5.41, 5.74) is 0. The molecule has 5 heteroatoms. The summed E-state index contributed by atoms with van der Waals surface area (Å²) in [5, 5.41) is -0.0741. The maximum Gasteiger partial charge on any atom is 0.319 e. The number of rotatable bonds is 14. The van der Waals surface area contributed by atoms with Crippen LogP contribution < -0.4 is 0 Å². The molecule has 0 aliphatic heterocycles. The van der Waals surface area contributed by atoms with Crippen LogP contribution in [-0.4, -0.2) is 29.5 Å². The lowest BCUT2D eigenvalue weighted by atomic mass is 10.1. The highest BCUT2D eigenvalue weighted by atomic mass is 32.2. The minimum atomic E-state index is -2.18. The summed E-state index contributed by atoms with van der Waals surface area (Å²) in [6, 6.07) is 0. The van der Waals surface area contributed by atoms with Crippen molar-refractivity contribution in [2.24, 2.45) is 0 Å². The Morgan fingerprint density at radius 3 is 2.23 bits per heavy atom. The second kappa shape index (κ2) is 14.3. The predicted octanol–water partition coefficient (Wildman–Crippen LogP) is 5.84. The summed E-state index contributed by atoms with van der Waals surface area (Å²) < 4.78 is 29.3. The first-order valence-corrected chi connectivity index (χ1v) is 9.62. The van der Waals surface area contributed by atoms with Crippen LogP contribution in [0.5, 0.6) is 0 Å². The van der Waals surface area contributed by atoms with E-state index in [0.717, 1.165) is 50.7 Å². The summed E-state index contributed by atoms with van der Waals surface area (Å²) in [6.07, 6.45) is 5.34. The molecule has 0 N–H and O–H groups in total. The monoisotopic (exact) mass is 338 g/mol. The van der Waals surface area contributed by atoms with Crippen LogP contribution >= 0.6 is 11.8 Å². The average Bonchev–Trinajstić information content (AvgIpc) is 2.43. The number of alkyl halides is 2. The van der Waals surface area contributed by atoms with Crippen molar-refractivity contribution in [2.45, 2.75) is 96.3 Å². The lowest BCUT2D eigenvalue weighted by Gasteiger charge is -2.17. The summed E-state index contributed by atoms with van der Waals surface area (Å²) in [7, 11) is 0. The molecule has 0 aliphatic rings. The van der Waals surface area contributed by atoms with Crippen molar-refractivity contribution in [1.29, 1.82) is 0 Å². The number of carbonyl (C=O) groups is 1. The number of carbonyl (C=O) groups excluding carboxylic acids is 1. The zero-order valence-electron chi connectivity index (χ0n) is 14.3. The van der Waals surface area contributed by atoms with Gasteiger partial charge in [-0.25, -0.2) is 8.78 Å².